The summed E-state index contributed by atoms with van der Waals surface area (Å²) in [6.45, 7) is 5.40. The van der Waals surface area contributed by atoms with Crippen LogP contribution in [0.4, 0.5) is 0 Å². The van der Waals surface area contributed by atoms with Crippen LogP contribution in [0, 0.1) is 0 Å². The van der Waals surface area contributed by atoms with Gasteiger partial charge in [-0.25, -0.2) is 0 Å². The van der Waals surface area contributed by atoms with Gasteiger partial charge in [0.1, 0.15) is 8.28 Å². The molecule has 5 heteroatoms. The molecule has 0 radical (unpaired) electrons. The van der Waals surface area contributed by atoms with Gasteiger partial charge in [-0.15, -0.1) is 11.8 Å². The maximum absolute atomic E-state index is 10.7. The summed E-state index contributed by atoms with van der Waals surface area (Å²) in [4.78, 5) is 10.7. The van der Waals surface area contributed by atoms with Crippen LogP contribution in [0.25, 0.3) is 0 Å². The van der Waals surface area contributed by atoms with Gasteiger partial charge in [-0.2, -0.15) is 0 Å². The molecule has 0 spiro atoms. The van der Waals surface area contributed by atoms with Gasteiger partial charge in [0, 0.05) is 0 Å². The fourth-order valence-electron chi connectivity index (χ4n) is 0.467. The third-order valence-electron chi connectivity index (χ3n) is 1.28. The molecule has 0 fully saturated rings. The summed E-state index contributed by atoms with van der Waals surface area (Å²) >= 11 is 7.85. The summed E-state index contributed by atoms with van der Waals surface area (Å²) in [5, 5.41) is 8.83. The van der Waals surface area contributed by atoms with E-state index in [0.717, 1.165) is 12.2 Å². The predicted octanol–water partition coefficient (Wildman–Crippen LogP) is 3.01. The van der Waals surface area contributed by atoms with Gasteiger partial charge in [-0.3, -0.25) is 4.79 Å². The molecule has 76 valence electrons. The third kappa shape index (κ3) is 5.54. The average Bonchev–Trinajstić information content (AvgIpc) is 1.99. The quantitative estimate of drug-likeness (QED) is 0.762. The first-order valence-electron chi connectivity index (χ1n) is 3.99. The lowest BCUT2D eigenvalue weighted by Gasteiger charge is -2.17. The minimum atomic E-state index is -0.822. The number of rotatable bonds is 4. The highest BCUT2D eigenvalue weighted by molar-refractivity contribution is 8.47. The molecule has 0 saturated heterocycles. The molecule has 0 aromatic heterocycles. The number of thiocarbonyl (C=S) groups is 1. The normalized spacial score (nSPS) is 11.3. The molecule has 0 rings (SSSR count). The van der Waals surface area contributed by atoms with Crippen LogP contribution < -0.4 is 0 Å². The van der Waals surface area contributed by atoms with E-state index in [1.807, 2.05) is 0 Å². The van der Waals surface area contributed by atoms with E-state index in [0.29, 0.717) is 3.53 Å². The van der Waals surface area contributed by atoms with Gasteiger partial charge in [0.25, 0.3) is 0 Å². The van der Waals surface area contributed by atoms with Gasteiger partial charge in [-0.1, -0.05) is 30.9 Å². The van der Waals surface area contributed by atoms with E-state index in [2.05, 4.69) is 6.92 Å². The maximum Gasteiger partial charge on any atom is 0.319 e. The lowest BCUT2D eigenvalue weighted by atomic mass is 10.2. The van der Waals surface area contributed by atoms with Crippen molar-refractivity contribution in [3.8, 4) is 0 Å². The van der Waals surface area contributed by atoms with E-state index >= 15 is 0 Å². The van der Waals surface area contributed by atoms with Crippen LogP contribution in [0.5, 0.6) is 0 Å². The maximum atomic E-state index is 10.7. The molecule has 1 N–H and O–H groups in total. The highest BCUT2D eigenvalue weighted by atomic mass is 32.2. The molecule has 2 nitrogen and oxygen atoms in total. The zero-order chi connectivity index (χ0) is 10.5. The van der Waals surface area contributed by atoms with Crippen molar-refractivity contribution < 1.29 is 9.90 Å². The molecule has 0 amide bonds. The number of carboxylic acid groups (broad SMARTS) is 1. The van der Waals surface area contributed by atoms with Crippen molar-refractivity contribution >= 4 is 45.2 Å². The minimum Gasteiger partial charge on any atom is -0.480 e. The lowest BCUT2D eigenvalue weighted by molar-refractivity contribution is -0.138. The monoisotopic (exact) mass is 238 g/mol. The van der Waals surface area contributed by atoms with E-state index in [-0.39, 0.29) is 0 Å². The Morgan fingerprint density at radius 1 is 1.54 bits per heavy atom. The van der Waals surface area contributed by atoms with E-state index in [9.17, 15) is 4.79 Å². The SMILES string of the molecule is CCCSC(=S)SC(C)(C)C(=O)O. The molecule has 0 heterocycles. The second-order valence-electron chi connectivity index (χ2n) is 3.02. The van der Waals surface area contributed by atoms with Gasteiger partial charge < -0.3 is 5.11 Å². The van der Waals surface area contributed by atoms with E-state index in [1.165, 1.54) is 11.8 Å². The van der Waals surface area contributed by atoms with Gasteiger partial charge in [0.15, 0.2) is 0 Å². The number of carbonyl (C=O) groups is 1. The standard InChI is InChI=1S/C8H14O2S3/c1-4-5-12-7(11)13-8(2,3)6(9)10/h4-5H2,1-3H3,(H,9,10). The summed E-state index contributed by atoms with van der Waals surface area (Å²) in [5.74, 6) is 0.138. The first-order chi connectivity index (χ1) is 5.90. The summed E-state index contributed by atoms with van der Waals surface area (Å²) < 4.78 is -0.0908. The Kier molecular flexibility index (Phi) is 6.00. The Morgan fingerprint density at radius 3 is 2.46 bits per heavy atom. The van der Waals surface area contributed by atoms with Crippen molar-refractivity contribution in [2.75, 3.05) is 5.75 Å². The molecule has 0 aliphatic heterocycles. The van der Waals surface area contributed by atoms with Crippen LogP contribution in [0.1, 0.15) is 27.2 Å². The fraction of sp³-hybridized carbons (Fsp3) is 0.750. The Morgan fingerprint density at radius 2 is 2.08 bits per heavy atom. The van der Waals surface area contributed by atoms with Crippen LogP contribution in [0.3, 0.4) is 0 Å². The topological polar surface area (TPSA) is 37.3 Å². The number of carboxylic acids is 1. The van der Waals surface area contributed by atoms with Crippen LogP contribution >= 0.6 is 35.7 Å². The zero-order valence-corrected chi connectivity index (χ0v) is 10.4. The zero-order valence-electron chi connectivity index (χ0n) is 7.99. The van der Waals surface area contributed by atoms with Crippen LogP contribution in [0.15, 0.2) is 0 Å². The number of aliphatic carboxylic acids is 1. The Hall–Kier alpha value is 0.260. The van der Waals surface area contributed by atoms with Crippen molar-refractivity contribution in [3.05, 3.63) is 0 Å². The highest BCUT2D eigenvalue weighted by Gasteiger charge is 2.29. The largest absolute Gasteiger partial charge is 0.480 e. The van der Waals surface area contributed by atoms with Crippen molar-refractivity contribution in [1.29, 1.82) is 0 Å². The molecule has 0 aromatic carbocycles. The van der Waals surface area contributed by atoms with Crippen molar-refractivity contribution in [2.24, 2.45) is 0 Å². The molecular formula is C8H14O2S3. The van der Waals surface area contributed by atoms with Crippen molar-refractivity contribution in [1.82, 2.24) is 0 Å². The Balaban J connectivity index is 3.97. The molecule has 0 bridgehead atoms. The van der Waals surface area contributed by atoms with Gasteiger partial charge >= 0.3 is 5.97 Å². The molecule has 0 aliphatic rings. The van der Waals surface area contributed by atoms with Crippen molar-refractivity contribution in [2.45, 2.75) is 31.9 Å². The van der Waals surface area contributed by atoms with E-state index < -0.39 is 10.7 Å². The molecule has 0 unspecified atom stereocenters. The van der Waals surface area contributed by atoms with E-state index in [4.69, 9.17) is 17.3 Å². The first kappa shape index (κ1) is 13.3. The van der Waals surface area contributed by atoms with Gasteiger partial charge in [-0.05, 0) is 26.0 Å². The molecular weight excluding hydrogens is 224 g/mol. The van der Waals surface area contributed by atoms with Gasteiger partial charge in [0.05, 0.1) is 0 Å². The third-order valence-corrected chi connectivity index (χ3v) is 4.18. The number of hydrogen-bond acceptors (Lipinski definition) is 4. The van der Waals surface area contributed by atoms with Crippen LogP contribution in [0.2, 0.25) is 0 Å². The minimum absolute atomic E-state index is 0.717. The van der Waals surface area contributed by atoms with Crippen LogP contribution in [-0.2, 0) is 4.79 Å². The molecule has 13 heavy (non-hydrogen) atoms. The summed E-state index contributed by atoms with van der Waals surface area (Å²) in [6, 6.07) is 0. The second kappa shape index (κ2) is 5.88. The van der Waals surface area contributed by atoms with Crippen LogP contribution in [-0.4, -0.2) is 25.1 Å². The lowest BCUT2D eigenvalue weighted by Crippen LogP contribution is -2.28. The number of thioether (sulfide) groups is 2. The summed E-state index contributed by atoms with van der Waals surface area (Å²) in [6.07, 6.45) is 1.05. The molecule has 0 saturated carbocycles. The summed E-state index contributed by atoms with van der Waals surface area (Å²) in [5.41, 5.74) is 0. The molecule has 0 atom stereocenters. The first-order valence-corrected chi connectivity index (χ1v) is 6.20. The fourth-order valence-corrected chi connectivity index (χ4v) is 3.33. The van der Waals surface area contributed by atoms with Gasteiger partial charge in [0.2, 0.25) is 0 Å². The second-order valence-corrected chi connectivity index (χ2v) is 6.94. The smallest absolute Gasteiger partial charge is 0.319 e. The predicted molar refractivity (Wildman–Crippen MR) is 64.7 cm³/mol. The molecule has 0 aliphatic carbocycles. The van der Waals surface area contributed by atoms with E-state index in [1.54, 1.807) is 25.6 Å². The number of hydrogen-bond donors (Lipinski definition) is 1. The Bertz CT molecular complexity index is 202. The Labute approximate surface area is 92.9 Å². The van der Waals surface area contributed by atoms with Crippen molar-refractivity contribution in [3.63, 3.8) is 0 Å². The highest BCUT2D eigenvalue weighted by Crippen LogP contribution is 2.31. The summed E-state index contributed by atoms with van der Waals surface area (Å²) in [7, 11) is 0. The molecule has 0 aromatic rings. The average molecular weight is 238 g/mol.